The Morgan fingerprint density at radius 2 is 2.00 bits per heavy atom. The molecular weight excluding hydrogens is 322 g/mol. The predicted molar refractivity (Wildman–Crippen MR) is 91.6 cm³/mol. The van der Waals surface area contributed by atoms with Gasteiger partial charge in [-0.25, -0.2) is 0 Å². The molecule has 0 saturated heterocycles. The average molecular weight is 334 g/mol. The lowest BCUT2D eigenvalue weighted by molar-refractivity contribution is -0.385. The maximum Gasteiger partial charge on any atom is 0.279 e. The highest BCUT2D eigenvalue weighted by molar-refractivity contribution is 7.80. The van der Waals surface area contributed by atoms with Crippen LogP contribution in [0.4, 0.5) is 5.69 Å². The van der Waals surface area contributed by atoms with E-state index in [9.17, 15) is 10.1 Å². The highest BCUT2D eigenvalue weighted by Crippen LogP contribution is 2.24. The molecule has 0 amide bonds. The van der Waals surface area contributed by atoms with E-state index in [1.165, 1.54) is 18.3 Å². The van der Waals surface area contributed by atoms with Gasteiger partial charge >= 0.3 is 0 Å². The van der Waals surface area contributed by atoms with Gasteiger partial charge in [-0.3, -0.25) is 15.5 Å². The molecule has 0 atom stereocenters. The fraction of sp³-hybridized carbons (Fsp3) is 0.0667. The smallest absolute Gasteiger partial charge is 0.271 e. The molecule has 0 aromatic heterocycles. The van der Waals surface area contributed by atoms with Crippen LogP contribution in [-0.2, 0) is 6.42 Å². The van der Waals surface area contributed by atoms with Gasteiger partial charge in [0.05, 0.1) is 21.7 Å². The van der Waals surface area contributed by atoms with Gasteiger partial charge in [-0.1, -0.05) is 60.2 Å². The van der Waals surface area contributed by atoms with E-state index < -0.39 is 4.92 Å². The molecule has 112 valence electrons. The number of benzene rings is 2. The van der Waals surface area contributed by atoms with Gasteiger partial charge in [0.15, 0.2) is 0 Å². The second-order valence-electron chi connectivity index (χ2n) is 4.39. The van der Waals surface area contributed by atoms with Gasteiger partial charge in [-0.05, 0) is 11.6 Å². The normalized spacial score (nSPS) is 10.6. The highest BCUT2D eigenvalue weighted by atomic mass is 35.5. The molecule has 0 spiro atoms. The van der Waals surface area contributed by atoms with Crippen LogP contribution >= 0.6 is 23.8 Å². The van der Waals surface area contributed by atoms with E-state index in [4.69, 9.17) is 23.8 Å². The van der Waals surface area contributed by atoms with Crippen molar-refractivity contribution in [2.45, 2.75) is 6.42 Å². The summed E-state index contributed by atoms with van der Waals surface area (Å²) in [4.78, 5) is 11.0. The van der Waals surface area contributed by atoms with E-state index in [1.54, 1.807) is 6.07 Å². The monoisotopic (exact) mass is 333 g/mol. The SMILES string of the molecule is O=[N+]([O-])c1cccc(Cl)c1/C=N/NC(=S)Cc1ccccc1. The van der Waals surface area contributed by atoms with E-state index in [2.05, 4.69) is 10.5 Å². The van der Waals surface area contributed by atoms with Crippen LogP contribution in [0.1, 0.15) is 11.1 Å². The fourth-order valence-electron chi connectivity index (χ4n) is 1.80. The van der Waals surface area contributed by atoms with Gasteiger partial charge in [0.2, 0.25) is 0 Å². The number of nitro benzene ring substituents is 1. The van der Waals surface area contributed by atoms with Crippen LogP contribution in [0.3, 0.4) is 0 Å². The van der Waals surface area contributed by atoms with Gasteiger partial charge in [0.1, 0.15) is 4.99 Å². The van der Waals surface area contributed by atoms with Gasteiger partial charge in [0.25, 0.3) is 5.69 Å². The van der Waals surface area contributed by atoms with Crippen LogP contribution in [0.2, 0.25) is 5.02 Å². The summed E-state index contributed by atoms with van der Waals surface area (Å²) in [5, 5.41) is 15.1. The summed E-state index contributed by atoms with van der Waals surface area (Å²) in [7, 11) is 0. The molecule has 0 heterocycles. The summed E-state index contributed by atoms with van der Waals surface area (Å²) < 4.78 is 0. The molecular formula is C15H12ClN3O2S. The topological polar surface area (TPSA) is 67.5 Å². The second-order valence-corrected chi connectivity index (χ2v) is 5.29. The van der Waals surface area contributed by atoms with Gasteiger partial charge in [0, 0.05) is 12.5 Å². The molecule has 0 aliphatic heterocycles. The molecule has 2 aromatic carbocycles. The highest BCUT2D eigenvalue weighted by Gasteiger charge is 2.14. The molecule has 0 saturated carbocycles. The molecule has 0 radical (unpaired) electrons. The summed E-state index contributed by atoms with van der Waals surface area (Å²) in [6.07, 6.45) is 1.84. The van der Waals surface area contributed by atoms with Crippen molar-refractivity contribution in [2.75, 3.05) is 0 Å². The molecule has 2 aromatic rings. The lowest BCUT2D eigenvalue weighted by Gasteiger charge is -2.03. The van der Waals surface area contributed by atoms with Gasteiger partial charge < -0.3 is 0 Å². The quantitative estimate of drug-likeness (QED) is 0.392. The zero-order valence-electron chi connectivity index (χ0n) is 11.4. The number of nitro groups is 1. The lowest BCUT2D eigenvalue weighted by Crippen LogP contribution is -2.17. The molecule has 5 nitrogen and oxygen atoms in total. The van der Waals surface area contributed by atoms with E-state index in [0.717, 1.165) is 5.56 Å². The second kappa shape index (κ2) is 7.63. The minimum absolute atomic E-state index is 0.105. The number of hydrogen-bond donors (Lipinski definition) is 1. The van der Waals surface area contributed by atoms with Crippen molar-refractivity contribution in [1.82, 2.24) is 5.43 Å². The predicted octanol–water partition coefficient (Wildman–Crippen LogP) is 3.74. The Labute approximate surface area is 137 Å². The number of hydrogen-bond acceptors (Lipinski definition) is 4. The van der Waals surface area contributed by atoms with Crippen molar-refractivity contribution >= 4 is 40.7 Å². The van der Waals surface area contributed by atoms with E-state index in [-0.39, 0.29) is 16.3 Å². The Morgan fingerprint density at radius 1 is 1.27 bits per heavy atom. The van der Waals surface area contributed by atoms with Crippen molar-refractivity contribution in [2.24, 2.45) is 5.10 Å². The molecule has 2 rings (SSSR count). The fourth-order valence-corrected chi connectivity index (χ4v) is 2.24. The van der Waals surface area contributed by atoms with Crippen LogP contribution in [0, 0.1) is 10.1 Å². The standard InChI is InChI=1S/C15H12ClN3O2S/c16-13-7-4-8-14(19(20)21)12(13)10-17-18-15(22)9-11-5-2-1-3-6-11/h1-8,10H,9H2,(H,18,22)/b17-10+. The minimum atomic E-state index is -0.504. The lowest BCUT2D eigenvalue weighted by atomic mass is 10.1. The molecule has 1 N–H and O–H groups in total. The molecule has 0 unspecified atom stereocenters. The first-order valence-corrected chi connectivity index (χ1v) is 7.15. The van der Waals surface area contributed by atoms with Gasteiger partial charge in [-0.15, -0.1) is 0 Å². The molecule has 7 heteroatoms. The minimum Gasteiger partial charge on any atom is -0.271 e. The number of rotatable bonds is 5. The zero-order chi connectivity index (χ0) is 15.9. The maximum absolute atomic E-state index is 11.0. The molecule has 22 heavy (non-hydrogen) atoms. The Hall–Kier alpha value is -2.31. The number of nitrogens with zero attached hydrogens (tertiary/aromatic N) is 2. The molecule has 0 aliphatic rings. The summed E-state index contributed by atoms with van der Waals surface area (Å²) >= 11 is 11.1. The number of thiocarbonyl (C=S) groups is 1. The van der Waals surface area contributed by atoms with Crippen LogP contribution < -0.4 is 5.43 Å². The largest absolute Gasteiger partial charge is 0.279 e. The zero-order valence-corrected chi connectivity index (χ0v) is 13.0. The van der Waals surface area contributed by atoms with Crippen LogP contribution in [0.5, 0.6) is 0 Å². The number of hydrazone groups is 1. The first-order chi connectivity index (χ1) is 10.6. The third kappa shape index (κ3) is 4.34. The van der Waals surface area contributed by atoms with Gasteiger partial charge in [-0.2, -0.15) is 5.10 Å². The van der Waals surface area contributed by atoms with E-state index in [0.29, 0.717) is 11.4 Å². The molecule has 0 fully saturated rings. The summed E-state index contributed by atoms with van der Waals surface area (Å²) in [6, 6.07) is 14.1. The Bertz CT molecular complexity index is 720. The first kappa shape index (κ1) is 16.1. The first-order valence-electron chi connectivity index (χ1n) is 6.36. The molecule has 0 aliphatic carbocycles. The van der Waals surface area contributed by atoms with Crippen LogP contribution in [0.25, 0.3) is 0 Å². The molecule has 0 bridgehead atoms. The average Bonchev–Trinajstić information content (AvgIpc) is 2.49. The van der Waals surface area contributed by atoms with E-state index >= 15 is 0 Å². The van der Waals surface area contributed by atoms with Crippen LogP contribution in [-0.4, -0.2) is 16.1 Å². The summed E-state index contributed by atoms with van der Waals surface area (Å²) in [5.41, 5.74) is 3.88. The number of nitrogens with one attached hydrogen (secondary N) is 1. The van der Waals surface area contributed by atoms with Crippen molar-refractivity contribution in [3.63, 3.8) is 0 Å². The number of halogens is 1. The van der Waals surface area contributed by atoms with Crippen molar-refractivity contribution < 1.29 is 4.92 Å². The van der Waals surface area contributed by atoms with Crippen molar-refractivity contribution in [1.29, 1.82) is 0 Å². The summed E-state index contributed by atoms with van der Waals surface area (Å²) in [5.74, 6) is 0. The maximum atomic E-state index is 11.0. The van der Waals surface area contributed by atoms with Crippen molar-refractivity contribution in [3.05, 3.63) is 74.8 Å². The van der Waals surface area contributed by atoms with Crippen LogP contribution in [0.15, 0.2) is 53.6 Å². The third-order valence-electron chi connectivity index (χ3n) is 2.82. The Morgan fingerprint density at radius 3 is 2.68 bits per heavy atom. The third-order valence-corrected chi connectivity index (χ3v) is 3.38. The Kier molecular flexibility index (Phi) is 5.57. The Balaban J connectivity index is 2.04. The summed E-state index contributed by atoms with van der Waals surface area (Å²) in [6.45, 7) is 0. The van der Waals surface area contributed by atoms with E-state index in [1.807, 2.05) is 30.3 Å². The van der Waals surface area contributed by atoms with Crippen molar-refractivity contribution in [3.8, 4) is 0 Å².